The van der Waals surface area contributed by atoms with Crippen LogP contribution in [0.3, 0.4) is 0 Å². The summed E-state index contributed by atoms with van der Waals surface area (Å²) < 4.78 is 55.7. The third kappa shape index (κ3) is 4.27. The minimum Gasteiger partial charge on any atom is -0.336 e. The number of imidazole rings is 1. The Labute approximate surface area is 188 Å². The second kappa shape index (κ2) is 9.00. The molecule has 32 heavy (non-hydrogen) atoms. The predicted molar refractivity (Wildman–Crippen MR) is 116 cm³/mol. The number of halogens is 2. The van der Waals surface area contributed by atoms with Gasteiger partial charge in [-0.15, -0.1) is 0 Å². The summed E-state index contributed by atoms with van der Waals surface area (Å²) in [6, 6.07) is 9.50. The summed E-state index contributed by atoms with van der Waals surface area (Å²) in [5, 5.41) is 0.793. The zero-order chi connectivity index (χ0) is 22.9. The largest absolute Gasteiger partial charge is 0.336 e. The SMILES string of the molecule is CSc1nccn1-c1cccc(C(=O)N2CCN(S(=O)(=O)c3ccc(F)cc3F)CC2)c1. The number of amides is 1. The minimum atomic E-state index is -4.13. The van der Waals surface area contributed by atoms with Crippen LogP contribution in [-0.4, -0.2) is 65.5 Å². The van der Waals surface area contributed by atoms with Crippen LogP contribution in [0.2, 0.25) is 0 Å². The molecule has 0 radical (unpaired) electrons. The van der Waals surface area contributed by atoms with Crippen molar-refractivity contribution in [1.29, 1.82) is 0 Å². The molecule has 3 aromatic rings. The van der Waals surface area contributed by atoms with E-state index in [0.29, 0.717) is 11.6 Å². The molecule has 1 saturated heterocycles. The Morgan fingerprint density at radius 1 is 1.06 bits per heavy atom. The van der Waals surface area contributed by atoms with Crippen molar-refractivity contribution in [3.63, 3.8) is 0 Å². The maximum atomic E-state index is 14.0. The topological polar surface area (TPSA) is 75.5 Å². The first-order valence-corrected chi connectivity index (χ1v) is 12.4. The summed E-state index contributed by atoms with van der Waals surface area (Å²) in [5.41, 5.74) is 1.27. The highest BCUT2D eigenvalue weighted by Gasteiger charge is 2.32. The fraction of sp³-hybridized carbons (Fsp3) is 0.238. The number of thioether (sulfide) groups is 1. The van der Waals surface area contributed by atoms with E-state index in [1.807, 2.05) is 23.1 Å². The molecule has 0 bridgehead atoms. The van der Waals surface area contributed by atoms with Crippen molar-refractivity contribution in [1.82, 2.24) is 18.8 Å². The molecular formula is C21H20F2N4O3S2. The first-order valence-electron chi connectivity index (χ1n) is 9.73. The van der Waals surface area contributed by atoms with Crippen molar-refractivity contribution >= 4 is 27.7 Å². The maximum Gasteiger partial charge on any atom is 0.254 e. The summed E-state index contributed by atoms with van der Waals surface area (Å²) in [7, 11) is -4.13. The summed E-state index contributed by atoms with van der Waals surface area (Å²) in [6.45, 7) is 0.351. The van der Waals surface area contributed by atoms with Gasteiger partial charge in [0.25, 0.3) is 5.91 Å². The van der Waals surface area contributed by atoms with Gasteiger partial charge in [0.15, 0.2) is 5.16 Å². The molecule has 11 heteroatoms. The highest BCUT2D eigenvalue weighted by atomic mass is 32.2. The lowest BCUT2D eigenvalue weighted by Gasteiger charge is -2.34. The highest BCUT2D eigenvalue weighted by molar-refractivity contribution is 7.98. The van der Waals surface area contributed by atoms with Crippen LogP contribution in [0.15, 0.2) is 64.9 Å². The lowest BCUT2D eigenvalue weighted by Crippen LogP contribution is -2.50. The summed E-state index contributed by atoms with van der Waals surface area (Å²) in [5.74, 6) is -2.20. The van der Waals surface area contributed by atoms with E-state index in [0.717, 1.165) is 27.3 Å². The van der Waals surface area contributed by atoms with Gasteiger partial charge in [-0.05, 0) is 36.6 Å². The van der Waals surface area contributed by atoms with E-state index in [9.17, 15) is 22.0 Å². The van der Waals surface area contributed by atoms with Gasteiger partial charge in [-0.25, -0.2) is 22.2 Å². The van der Waals surface area contributed by atoms with Crippen LogP contribution in [0.25, 0.3) is 5.69 Å². The Bertz CT molecular complexity index is 1260. The number of nitrogens with zero attached hydrogens (tertiary/aromatic N) is 4. The molecule has 0 unspecified atom stereocenters. The van der Waals surface area contributed by atoms with Gasteiger partial charge in [-0.2, -0.15) is 4.31 Å². The van der Waals surface area contributed by atoms with Gasteiger partial charge in [-0.1, -0.05) is 17.8 Å². The van der Waals surface area contributed by atoms with Crippen LogP contribution < -0.4 is 0 Å². The molecular weight excluding hydrogens is 458 g/mol. The molecule has 7 nitrogen and oxygen atoms in total. The molecule has 1 aliphatic rings. The molecule has 1 amide bonds. The van der Waals surface area contributed by atoms with Crippen LogP contribution in [0.1, 0.15) is 10.4 Å². The Kier molecular flexibility index (Phi) is 6.31. The second-order valence-corrected chi connectivity index (χ2v) is 9.79. The minimum absolute atomic E-state index is 0.0166. The molecule has 0 saturated carbocycles. The average Bonchev–Trinajstić information content (AvgIpc) is 3.27. The van der Waals surface area contributed by atoms with E-state index in [1.165, 1.54) is 11.8 Å². The summed E-state index contributed by atoms with van der Waals surface area (Å²) in [6.07, 6.45) is 5.41. The fourth-order valence-electron chi connectivity index (χ4n) is 3.56. The molecule has 1 aromatic heterocycles. The zero-order valence-corrected chi connectivity index (χ0v) is 18.7. The average molecular weight is 479 g/mol. The van der Waals surface area contributed by atoms with Crippen LogP contribution in [0.4, 0.5) is 8.78 Å². The molecule has 0 spiro atoms. The molecule has 168 valence electrons. The highest BCUT2D eigenvalue weighted by Crippen LogP contribution is 2.23. The normalized spacial score (nSPS) is 15.2. The molecule has 0 atom stereocenters. The molecule has 0 aliphatic carbocycles. The Morgan fingerprint density at radius 3 is 2.50 bits per heavy atom. The fourth-order valence-corrected chi connectivity index (χ4v) is 5.56. The Hall–Kier alpha value is -2.76. The van der Waals surface area contributed by atoms with Gasteiger partial charge < -0.3 is 4.90 Å². The van der Waals surface area contributed by atoms with Gasteiger partial charge in [0.1, 0.15) is 16.5 Å². The number of aromatic nitrogens is 2. The van der Waals surface area contributed by atoms with Gasteiger partial charge >= 0.3 is 0 Å². The number of piperazine rings is 1. The van der Waals surface area contributed by atoms with E-state index in [2.05, 4.69) is 4.98 Å². The quantitative estimate of drug-likeness (QED) is 0.527. The van der Waals surface area contributed by atoms with Gasteiger partial charge in [-0.3, -0.25) is 9.36 Å². The van der Waals surface area contributed by atoms with Crippen LogP contribution in [0.5, 0.6) is 0 Å². The summed E-state index contributed by atoms with van der Waals surface area (Å²) >= 11 is 1.49. The number of sulfonamides is 1. The van der Waals surface area contributed by atoms with E-state index in [-0.39, 0.29) is 32.1 Å². The second-order valence-electron chi connectivity index (χ2n) is 7.11. The number of rotatable bonds is 5. The Morgan fingerprint density at radius 2 is 1.81 bits per heavy atom. The number of hydrogen-bond donors (Lipinski definition) is 0. The standard InChI is InChI=1S/C21H20F2N4O3S2/c1-31-21-24-7-8-27(21)17-4-2-3-15(13-17)20(28)25-9-11-26(12-10-25)32(29,30)19-6-5-16(22)14-18(19)23/h2-8,13-14H,9-12H2,1H3. The maximum absolute atomic E-state index is 14.0. The molecule has 4 rings (SSSR count). The number of carbonyl (C=O) groups excluding carboxylic acids is 1. The molecule has 1 fully saturated rings. The van der Waals surface area contributed by atoms with Gasteiger partial charge in [0.05, 0.1) is 0 Å². The number of benzene rings is 2. The predicted octanol–water partition coefficient (Wildman–Crippen LogP) is 3.02. The molecule has 2 heterocycles. The number of hydrogen-bond acceptors (Lipinski definition) is 5. The van der Waals surface area contributed by atoms with Crippen molar-refractivity contribution in [2.75, 3.05) is 32.4 Å². The van der Waals surface area contributed by atoms with Crippen LogP contribution in [-0.2, 0) is 10.0 Å². The molecule has 0 N–H and O–H groups in total. The first-order chi connectivity index (χ1) is 15.3. The third-order valence-corrected chi connectivity index (χ3v) is 7.80. The zero-order valence-electron chi connectivity index (χ0n) is 17.1. The Balaban J connectivity index is 1.48. The van der Waals surface area contributed by atoms with Crippen molar-refractivity contribution in [3.8, 4) is 5.69 Å². The smallest absolute Gasteiger partial charge is 0.254 e. The first kappa shape index (κ1) is 22.4. The lowest BCUT2D eigenvalue weighted by molar-refractivity contribution is 0.0697. The van der Waals surface area contributed by atoms with Crippen molar-refractivity contribution in [2.24, 2.45) is 0 Å². The molecule has 1 aliphatic heterocycles. The van der Waals surface area contributed by atoms with Crippen molar-refractivity contribution in [2.45, 2.75) is 10.1 Å². The van der Waals surface area contributed by atoms with E-state index < -0.39 is 26.6 Å². The number of carbonyl (C=O) groups is 1. The van der Waals surface area contributed by atoms with Crippen molar-refractivity contribution < 1.29 is 22.0 Å². The summed E-state index contributed by atoms with van der Waals surface area (Å²) in [4.78, 5) is 18.3. The van der Waals surface area contributed by atoms with Crippen molar-refractivity contribution in [3.05, 3.63) is 72.1 Å². The van der Waals surface area contributed by atoms with Gasteiger partial charge in [0.2, 0.25) is 10.0 Å². The van der Waals surface area contributed by atoms with Crippen LogP contribution >= 0.6 is 11.8 Å². The van der Waals surface area contributed by atoms with E-state index >= 15 is 0 Å². The monoisotopic (exact) mass is 478 g/mol. The van der Waals surface area contributed by atoms with E-state index in [1.54, 1.807) is 29.3 Å². The lowest BCUT2D eigenvalue weighted by atomic mass is 10.1. The molecule has 2 aromatic carbocycles. The third-order valence-electron chi connectivity index (χ3n) is 5.20. The van der Waals surface area contributed by atoms with Crippen LogP contribution in [0, 0.1) is 11.6 Å². The van der Waals surface area contributed by atoms with Gasteiger partial charge in [0, 0.05) is 55.9 Å². The van der Waals surface area contributed by atoms with E-state index in [4.69, 9.17) is 0 Å².